The Labute approximate surface area is 148 Å². The summed E-state index contributed by atoms with van der Waals surface area (Å²) in [4.78, 5) is 4.13. The van der Waals surface area contributed by atoms with Crippen molar-refractivity contribution in [2.24, 2.45) is 7.05 Å². The standard InChI is InChI=1S/C18H15N5OS/c1-23-17(14-8-5-9-19-11-14)20-21-18(23)25-12-15-10-16(22-24-15)13-6-3-2-4-7-13/h2-11H,12H2,1H3. The fourth-order valence-corrected chi connectivity index (χ4v) is 3.23. The van der Waals surface area contributed by atoms with Crippen molar-refractivity contribution in [3.63, 3.8) is 0 Å². The molecule has 25 heavy (non-hydrogen) atoms. The zero-order chi connectivity index (χ0) is 17.1. The lowest BCUT2D eigenvalue weighted by molar-refractivity contribution is 0.397. The van der Waals surface area contributed by atoms with Gasteiger partial charge in [0.05, 0.1) is 5.75 Å². The number of thioether (sulfide) groups is 1. The van der Waals surface area contributed by atoms with E-state index in [0.717, 1.165) is 33.6 Å². The SMILES string of the molecule is Cn1c(SCc2cc(-c3ccccc3)no2)nnc1-c1cccnc1. The quantitative estimate of drug-likeness (QED) is 0.510. The van der Waals surface area contributed by atoms with Crippen LogP contribution in [0.1, 0.15) is 5.76 Å². The van der Waals surface area contributed by atoms with Crippen LogP contribution in [0.15, 0.2) is 70.6 Å². The van der Waals surface area contributed by atoms with Crippen molar-refractivity contribution in [1.82, 2.24) is 24.9 Å². The number of hydrogen-bond acceptors (Lipinski definition) is 6. The van der Waals surface area contributed by atoms with Crippen LogP contribution < -0.4 is 0 Å². The zero-order valence-electron chi connectivity index (χ0n) is 13.5. The van der Waals surface area contributed by atoms with Crippen LogP contribution in [0.2, 0.25) is 0 Å². The molecule has 0 radical (unpaired) electrons. The van der Waals surface area contributed by atoms with Crippen LogP contribution in [-0.2, 0) is 12.8 Å². The Balaban J connectivity index is 1.48. The van der Waals surface area contributed by atoms with Crippen LogP contribution in [-0.4, -0.2) is 24.9 Å². The highest BCUT2D eigenvalue weighted by Crippen LogP contribution is 2.26. The first-order chi connectivity index (χ1) is 12.3. The third-order valence-electron chi connectivity index (χ3n) is 3.73. The Morgan fingerprint density at radius 1 is 1.04 bits per heavy atom. The normalized spacial score (nSPS) is 10.9. The molecule has 0 aliphatic carbocycles. The summed E-state index contributed by atoms with van der Waals surface area (Å²) < 4.78 is 7.39. The van der Waals surface area contributed by atoms with E-state index in [-0.39, 0.29) is 0 Å². The first-order valence-corrected chi connectivity index (χ1v) is 8.73. The van der Waals surface area contributed by atoms with Gasteiger partial charge in [0.1, 0.15) is 11.5 Å². The fraction of sp³-hybridized carbons (Fsp3) is 0.111. The molecule has 0 spiro atoms. The maximum absolute atomic E-state index is 5.43. The fourth-order valence-electron chi connectivity index (χ4n) is 2.45. The summed E-state index contributed by atoms with van der Waals surface area (Å²) in [5.74, 6) is 2.23. The van der Waals surface area contributed by atoms with Gasteiger partial charge in [0, 0.05) is 36.6 Å². The van der Waals surface area contributed by atoms with Crippen molar-refractivity contribution >= 4 is 11.8 Å². The second kappa shape index (κ2) is 6.90. The van der Waals surface area contributed by atoms with E-state index in [0.29, 0.717) is 5.75 Å². The van der Waals surface area contributed by atoms with Crippen molar-refractivity contribution in [2.75, 3.05) is 0 Å². The maximum atomic E-state index is 5.43. The second-order valence-corrected chi connectivity index (χ2v) is 6.38. The Kier molecular flexibility index (Phi) is 4.30. The van der Waals surface area contributed by atoms with Crippen LogP contribution in [0.3, 0.4) is 0 Å². The number of aromatic nitrogens is 5. The van der Waals surface area contributed by atoms with Gasteiger partial charge in [-0.3, -0.25) is 4.98 Å². The molecule has 3 aromatic heterocycles. The highest BCUT2D eigenvalue weighted by Gasteiger charge is 2.13. The van der Waals surface area contributed by atoms with E-state index in [1.54, 1.807) is 24.2 Å². The molecule has 0 aliphatic rings. The molecule has 0 unspecified atom stereocenters. The molecule has 1 aromatic carbocycles. The summed E-state index contributed by atoms with van der Waals surface area (Å²) in [6.45, 7) is 0. The van der Waals surface area contributed by atoms with Crippen LogP contribution in [0.4, 0.5) is 0 Å². The lowest BCUT2D eigenvalue weighted by Gasteiger charge is -2.02. The molecular formula is C18H15N5OS. The van der Waals surface area contributed by atoms with Crippen molar-refractivity contribution in [3.05, 3.63) is 66.7 Å². The smallest absolute Gasteiger partial charge is 0.191 e. The van der Waals surface area contributed by atoms with Gasteiger partial charge in [0.2, 0.25) is 0 Å². The molecule has 0 saturated heterocycles. The first kappa shape index (κ1) is 15.6. The predicted molar refractivity (Wildman–Crippen MR) is 95.7 cm³/mol. The molecular weight excluding hydrogens is 334 g/mol. The Morgan fingerprint density at radius 3 is 2.68 bits per heavy atom. The summed E-state index contributed by atoms with van der Waals surface area (Å²) >= 11 is 1.56. The van der Waals surface area contributed by atoms with E-state index in [1.807, 2.05) is 60.1 Å². The van der Waals surface area contributed by atoms with E-state index in [2.05, 4.69) is 20.3 Å². The second-order valence-electron chi connectivity index (χ2n) is 5.44. The molecule has 6 nitrogen and oxygen atoms in total. The van der Waals surface area contributed by atoms with Gasteiger partial charge >= 0.3 is 0 Å². The highest BCUT2D eigenvalue weighted by atomic mass is 32.2. The molecule has 3 heterocycles. The Bertz CT molecular complexity index is 966. The average Bonchev–Trinajstić information content (AvgIpc) is 3.28. The van der Waals surface area contributed by atoms with Gasteiger partial charge < -0.3 is 9.09 Å². The van der Waals surface area contributed by atoms with Gasteiger partial charge in [-0.25, -0.2) is 0 Å². The van der Waals surface area contributed by atoms with Crippen molar-refractivity contribution in [2.45, 2.75) is 10.9 Å². The predicted octanol–water partition coefficient (Wildman–Crippen LogP) is 3.82. The number of rotatable bonds is 5. The van der Waals surface area contributed by atoms with E-state index >= 15 is 0 Å². The topological polar surface area (TPSA) is 69.6 Å². The van der Waals surface area contributed by atoms with Gasteiger partial charge in [0.15, 0.2) is 11.0 Å². The lowest BCUT2D eigenvalue weighted by Crippen LogP contribution is -1.95. The molecule has 4 rings (SSSR count). The van der Waals surface area contributed by atoms with Crippen LogP contribution in [0, 0.1) is 0 Å². The minimum absolute atomic E-state index is 0.638. The zero-order valence-corrected chi connectivity index (χ0v) is 14.3. The summed E-state index contributed by atoms with van der Waals surface area (Å²) in [5, 5.41) is 13.5. The molecule has 0 fully saturated rings. The third kappa shape index (κ3) is 3.32. The van der Waals surface area contributed by atoms with Gasteiger partial charge in [-0.15, -0.1) is 10.2 Å². The molecule has 0 saturated carbocycles. The van der Waals surface area contributed by atoms with E-state index in [9.17, 15) is 0 Å². The lowest BCUT2D eigenvalue weighted by atomic mass is 10.1. The monoisotopic (exact) mass is 349 g/mol. The highest BCUT2D eigenvalue weighted by molar-refractivity contribution is 7.98. The van der Waals surface area contributed by atoms with Crippen LogP contribution >= 0.6 is 11.8 Å². The summed E-state index contributed by atoms with van der Waals surface area (Å²) in [6.07, 6.45) is 3.52. The Morgan fingerprint density at radius 2 is 1.88 bits per heavy atom. The maximum Gasteiger partial charge on any atom is 0.191 e. The minimum atomic E-state index is 0.638. The van der Waals surface area contributed by atoms with E-state index in [4.69, 9.17) is 4.52 Å². The number of nitrogens with zero attached hydrogens (tertiary/aromatic N) is 5. The van der Waals surface area contributed by atoms with Gasteiger partial charge in [-0.1, -0.05) is 47.3 Å². The molecule has 0 N–H and O–H groups in total. The molecule has 7 heteroatoms. The molecule has 0 amide bonds. The first-order valence-electron chi connectivity index (χ1n) is 7.75. The molecule has 124 valence electrons. The largest absolute Gasteiger partial charge is 0.360 e. The van der Waals surface area contributed by atoms with Gasteiger partial charge in [-0.2, -0.15) is 0 Å². The Hall–Kier alpha value is -2.93. The summed E-state index contributed by atoms with van der Waals surface area (Å²) in [5.41, 5.74) is 2.82. The molecule has 0 bridgehead atoms. The molecule has 4 aromatic rings. The van der Waals surface area contributed by atoms with Gasteiger partial charge in [0.25, 0.3) is 0 Å². The number of benzene rings is 1. The molecule has 0 aliphatic heterocycles. The van der Waals surface area contributed by atoms with Crippen LogP contribution in [0.25, 0.3) is 22.6 Å². The minimum Gasteiger partial charge on any atom is -0.360 e. The number of hydrogen-bond donors (Lipinski definition) is 0. The van der Waals surface area contributed by atoms with E-state index in [1.165, 1.54) is 0 Å². The van der Waals surface area contributed by atoms with E-state index < -0.39 is 0 Å². The van der Waals surface area contributed by atoms with Crippen molar-refractivity contribution < 1.29 is 4.52 Å². The van der Waals surface area contributed by atoms with Gasteiger partial charge in [-0.05, 0) is 12.1 Å². The van der Waals surface area contributed by atoms with Crippen LogP contribution in [0.5, 0.6) is 0 Å². The summed E-state index contributed by atoms with van der Waals surface area (Å²) in [7, 11) is 1.94. The number of pyridine rings is 1. The summed E-state index contributed by atoms with van der Waals surface area (Å²) in [6, 6.07) is 15.8. The molecule has 0 atom stereocenters. The van der Waals surface area contributed by atoms with Crippen molar-refractivity contribution in [3.8, 4) is 22.6 Å². The van der Waals surface area contributed by atoms with Crippen molar-refractivity contribution in [1.29, 1.82) is 0 Å². The average molecular weight is 349 g/mol. The third-order valence-corrected chi connectivity index (χ3v) is 4.77.